The number of benzene rings is 2. The number of methoxy groups -OCH3 is 1. The number of carboxylic acid groups (broad SMARTS) is 1. The van der Waals surface area contributed by atoms with E-state index in [1.807, 2.05) is 36.4 Å². The maximum Gasteiger partial charge on any atom is 0.322 e. The van der Waals surface area contributed by atoms with Crippen LogP contribution in [0.15, 0.2) is 47.0 Å². The SMILES string of the molecule is [C-]#[N+]C1(c2ccc(OC)c3oc4ccccc4c23)CCc2nc(NCC(=O)O)ncc2C1. The van der Waals surface area contributed by atoms with Crippen LogP contribution in [0, 0.1) is 6.57 Å². The predicted octanol–water partition coefficient (Wildman–Crippen LogP) is 4.18. The molecule has 8 nitrogen and oxygen atoms in total. The van der Waals surface area contributed by atoms with Crippen molar-refractivity contribution in [3.8, 4) is 5.75 Å². The summed E-state index contributed by atoms with van der Waals surface area (Å²) in [5.41, 5.74) is 3.25. The lowest BCUT2D eigenvalue weighted by atomic mass is 9.75. The highest BCUT2D eigenvalue weighted by atomic mass is 16.5. The number of ether oxygens (including phenoxy) is 1. The minimum atomic E-state index is -0.978. The summed E-state index contributed by atoms with van der Waals surface area (Å²) in [7, 11) is 1.61. The second kappa shape index (κ2) is 7.54. The molecule has 2 N–H and O–H groups in total. The van der Waals surface area contributed by atoms with E-state index < -0.39 is 11.5 Å². The fraction of sp³-hybridized carbons (Fsp3) is 0.250. The van der Waals surface area contributed by atoms with Gasteiger partial charge in [-0.25, -0.2) is 16.5 Å². The fourth-order valence-corrected chi connectivity index (χ4v) is 4.51. The van der Waals surface area contributed by atoms with Crippen molar-refractivity contribution in [2.45, 2.75) is 24.8 Å². The minimum Gasteiger partial charge on any atom is -0.493 e. The Balaban J connectivity index is 1.62. The molecule has 160 valence electrons. The molecule has 0 saturated carbocycles. The van der Waals surface area contributed by atoms with Gasteiger partial charge in [0.25, 0.3) is 5.54 Å². The van der Waals surface area contributed by atoms with Crippen molar-refractivity contribution in [2.24, 2.45) is 0 Å². The lowest BCUT2D eigenvalue weighted by Crippen LogP contribution is -2.31. The molecular weight excluding hydrogens is 408 g/mol. The number of nitrogens with one attached hydrogen (secondary N) is 1. The lowest BCUT2D eigenvalue weighted by molar-refractivity contribution is -0.134. The van der Waals surface area contributed by atoms with Gasteiger partial charge in [-0.2, -0.15) is 0 Å². The highest BCUT2D eigenvalue weighted by molar-refractivity contribution is 6.09. The second-order valence-electron chi connectivity index (χ2n) is 7.85. The van der Waals surface area contributed by atoms with Gasteiger partial charge in [0, 0.05) is 40.2 Å². The Bertz CT molecular complexity index is 1400. The van der Waals surface area contributed by atoms with Gasteiger partial charge in [-0.15, -0.1) is 0 Å². The Morgan fingerprint density at radius 2 is 2.19 bits per heavy atom. The van der Waals surface area contributed by atoms with E-state index >= 15 is 0 Å². The molecule has 4 aromatic rings. The van der Waals surface area contributed by atoms with Crippen LogP contribution in [0.25, 0.3) is 26.8 Å². The van der Waals surface area contributed by atoms with E-state index in [-0.39, 0.29) is 12.5 Å². The summed E-state index contributed by atoms with van der Waals surface area (Å²) < 4.78 is 11.7. The third-order valence-electron chi connectivity index (χ3n) is 6.04. The van der Waals surface area contributed by atoms with Crippen molar-refractivity contribution in [3.05, 3.63) is 70.8 Å². The molecule has 1 aliphatic carbocycles. The first-order chi connectivity index (χ1) is 15.5. The number of aromatic nitrogens is 2. The third kappa shape index (κ3) is 3.10. The smallest absolute Gasteiger partial charge is 0.322 e. The van der Waals surface area contributed by atoms with Gasteiger partial charge >= 0.3 is 5.97 Å². The van der Waals surface area contributed by atoms with E-state index in [4.69, 9.17) is 20.8 Å². The average Bonchev–Trinajstić information content (AvgIpc) is 3.21. The summed E-state index contributed by atoms with van der Waals surface area (Å²) in [6.07, 6.45) is 3.33. The Kier molecular flexibility index (Phi) is 4.67. The van der Waals surface area contributed by atoms with Gasteiger partial charge in [-0.05, 0) is 24.6 Å². The summed E-state index contributed by atoms with van der Waals surface area (Å²) in [5, 5.41) is 13.4. The third-order valence-corrected chi connectivity index (χ3v) is 6.04. The number of aryl methyl sites for hydroxylation is 1. The quantitative estimate of drug-likeness (QED) is 0.460. The van der Waals surface area contributed by atoms with Crippen LogP contribution in [0.3, 0.4) is 0 Å². The van der Waals surface area contributed by atoms with Crippen molar-refractivity contribution in [1.82, 2.24) is 9.97 Å². The Morgan fingerprint density at radius 1 is 1.34 bits per heavy atom. The highest BCUT2D eigenvalue weighted by Gasteiger charge is 2.45. The van der Waals surface area contributed by atoms with Crippen molar-refractivity contribution in [2.75, 3.05) is 19.0 Å². The largest absolute Gasteiger partial charge is 0.493 e. The van der Waals surface area contributed by atoms with Gasteiger partial charge in [0.2, 0.25) is 5.95 Å². The van der Waals surface area contributed by atoms with E-state index in [1.54, 1.807) is 13.3 Å². The standard InChI is InChI=1S/C24H20N4O4/c1-25-24(10-9-17-14(11-24)12-26-23(28-17)27-13-20(29)30)16-7-8-19(31-2)22-21(16)15-5-3-4-6-18(15)32-22/h3-8,12H,9-11,13H2,2H3,(H,29,30)(H,26,27,28). The number of anilines is 1. The molecule has 2 heterocycles. The molecule has 1 unspecified atom stereocenters. The maximum atomic E-state index is 10.8. The molecule has 0 aliphatic heterocycles. The first kappa shape index (κ1) is 19.8. The van der Waals surface area contributed by atoms with Gasteiger partial charge in [0.05, 0.1) is 13.5 Å². The second-order valence-corrected chi connectivity index (χ2v) is 7.85. The van der Waals surface area contributed by atoms with Crippen molar-refractivity contribution >= 4 is 33.9 Å². The highest BCUT2D eigenvalue weighted by Crippen LogP contribution is 2.46. The molecule has 0 spiro atoms. The van der Waals surface area contributed by atoms with Crippen LogP contribution in [0.4, 0.5) is 5.95 Å². The van der Waals surface area contributed by atoms with Crippen LogP contribution < -0.4 is 10.1 Å². The molecule has 0 radical (unpaired) electrons. The number of aliphatic carboxylic acids is 1. The van der Waals surface area contributed by atoms with Crippen LogP contribution in [-0.2, 0) is 23.2 Å². The molecule has 5 rings (SSSR count). The zero-order chi connectivity index (χ0) is 22.3. The van der Waals surface area contributed by atoms with Gasteiger partial charge in [0.15, 0.2) is 11.3 Å². The molecule has 0 amide bonds. The number of carbonyl (C=O) groups is 1. The zero-order valence-electron chi connectivity index (χ0n) is 17.4. The first-order valence-corrected chi connectivity index (χ1v) is 10.2. The van der Waals surface area contributed by atoms with Crippen molar-refractivity contribution in [3.63, 3.8) is 0 Å². The van der Waals surface area contributed by atoms with E-state index in [0.29, 0.717) is 30.6 Å². The van der Waals surface area contributed by atoms with E-state index in [1.165, 1.54) is 0 Å². The van der Waals surface area contributed by atoms with Gasteiger partial charge < -0.3 is 24.4 Å². The normalized spacial score (nSPS) is 17.6. The Labute approximate surface area is 183 Å². The number of nitrogens with zero attached hydrogens (tertiary/aromatic N) is 3. The summed E-state index contributed by atoms with van der Waals surface area (Å²) in [5.74, 6) is -0.0582. The van der Waals surface area contributed by atoms with Crippen LogP contribution in [-0.4, -0.2) is 34.7 Å². The van der Waals surface area contributed by atoms with Crippen LogP contribution in [0.5, 0.6) is 5.75 Å². The van der Waals surface area contributed by atoms with Crippen molar-refractivity contribution in [1.29, 1.82) is 0 Å². The number of para-hydroxylation sites is 1. The summed E-state index contributed by atoms with van der Waals surface area (Å²) in [6, 6.07) is 11.6. The molecule has 1 aliphatic rings. The van der Waals surface area contributed by atoms with Crippen LogP contribution >= 0.6 is 0 Å². The maximum absolute atomic E-state index is 10.8. The number of hydrogen-bond donors (Lipinski definition) is 2. The molecule has 2 aromatic carbocycles. The number of carboxylic acids is 1. The van der Waals surface area contributed by atoms with Crippen LogP contribution in [0.1, 0.15) is 23.2 Å². The van der Waals surface area contributed by atoms with Gasteiger partial charge in [-0.1, -0.05) is 18.2 Å². The Morgan fingerprint density at radius 3 is 2.97 bits per heavy atom. The molecule has 2 aromatic heterocycles. The molecular formula is C24H20N4O4. The monoisotopic (exact) mass is 428 g/mol. The number of furan rings is 1. The summed E-state index contributed by atoms with van der Waals surface area (Å²) >= 11 is 0. The van der Waals surface area contributed by atoms with Gasteiger partial charge in [-0.3, -0.25) is 4.79 Å². The van der Waals surface area contributed by atoms with Crippen molar-refractivity contribution < 1.29 is 19.1 Å². The van der Waals surface area contributed by atoms with Crippen LogP contribution in [0.2, 0.25) is 0 Å². The number of rotatable bonds is 5. The minimum absolute atomic E-state index is 0.248. The summed E-state index contributed by atoms with van der Waals surface area (Å²) in [4.78, 5) is 23.7. The van der Waals surface area contributed by atoms with E-state index in [0.717, 1.165) is 33.2 Å². The molecule has 8 heteroatoms. The number of hydrogen-bond acceptors (Lipinski definition) is 6. The predicted molar refractivity (Wildman–Crippen MR) is 119 cm³/mol. The molecule has 0 fully saturated rings. The number of fused-ring (bicyclic) bond motifs is 4. The molecule has 0 saturated heterocycles. The molecule has 0 bridgehead atoms. The van der Waals surface area contributed by atoms with E-state index in [2.05, 4.69) is 20.1 Å². The first-order valence-electron chi connectivity index (χ1n) is 10.2. The average molecular weight is 428 g/mol. The Hall–Kier alpha value is -4.12. The fourth-order valence-electron chi connectivity index (χ4n) is 4.51. The molecule has 1 atom stereocenters. The lowest BCUT2D eigenvalue weighted by Gasteiger charge is -2.28. The molecule has 32 heavy (non-hydrogen) atoms. The topological polar surface area (TPSA) is 102 Å². The zero-order valence-corrected chi connectivity index (χ0v) is 17.4. The summed E-state index contributed by atoms with van der Waals surface area (Å²) in [6.45, 7) is 7.91. The van der Waals surface area contributed by atoms with E-state index in [9.17, 15) is 4.79 Å². The van der Waals surface area contributed by atoms with Gasteiger partial charge in [0.1, 0.15) is 12.1 Å².